The third kappa shape index (κ3) is 3.84. The highest BCUT2D eigenvalue weighted by Crippen LogP contribution is 2.41. The number of hydrogen-bond acceptors (Lipinski definition) is 4. The van der Waals surface area contributed by atoms with Gasteiger partial charge in [0, 0.05) is 44.8 Å². The van der Waals surface area contributed by atoms with Crippen LogP contribution in [-0.4, -0.2) is 49.7 Å². The Morgan fingerprint density at radius 2 is 1.80 bits per heavy atom. The van der Waals surface area contributed by atoms with Crippen molar-refractivity contribution < 1.29 is 9.53 Å². The number of para-hydroxylation sites is 1. The molecule has 4 nitrogen and oxygen atoms in total. The number of benzene rings is 1. The van der Waals surface area contributed by atoms with Crippen LogP contribution in [0.1, 0.15) is 45.1 Å². The first-order chi connectivity index (χ1) is 12.1. The average Bonchev–Trinajstić information content (AvgIpc) is 2.97. The van der Waals surface area contributed by atoms with Gasteiger partial charge in [-0.05, 0) is 37.8 Å². The van der Waals surface area contributed by atoms with E-state index in [-0.39, 0.29) is 17.5 Å². The molecular formula is C21H32N2O2. The van der Waals surface area contributed by atoms with E-state index in [4.69, 9.17) is 4.74 Å². The monoisotopic (exact) mass is 344 g/mol. The SMILES string of the molecule is CCC1(CC)C[C@H](CCN2CCN(c3ccccc3C)CC2)OC1=O. The van der Waals surface area contributed by atoms with Crippen LogP contribution < -0.4 is 4.90 Å². The Labute approximate surface area is 152 Å². The number of aryl methyl sites for hydroxylation is 1. The van der Waals surface area contributed by atoms with Gasteiger partial charge in [0.15, 0.2) is 0 Å². The summed E-state index contributed by atoms with van der Waals surface area (Å²) in [6.07, 6.45) is 3.78. The van der Waals surface area contributed by atoms with Crippen molar-refractivity contribution in [1.82, 2.24) is 4.90 Å². The molecule has 0 bridgehead atoms. The molecule has 2 saturated heterocycles. The topological polar surface area (TPSA) is 32.8 Å². The van der Waals surface area contributed by atoms with Gasteiger partial charge in [-0.15, -0.1) is 0 Å². The van der Waals surface area contributed by atoms with Gasteiger partial charge in [-0.2, -0.15) is 0 Å². The Kier molecular flexibility index (Phi) is 5.67. The zero-order chi connectivity index (χ0) is 17.9. The minimum absolute atomic E-state index is 0.0341. The summed E-state index contributed by atoms with van der Waals surface area (Å²) in [4.78, 5) is 17.2. The lowest BCUT2D eigenvalue weighted by Gasteiger charge is -2.37. The van der Waals surface area contributed by atoms with Gasteiger partial charge in [-0.25, -0.2) is 0 Å². The molecule has 25 heavy (non-hydrogen) atoms. The molecule has 2 fully saturated rings. The zero-order valence-electron chi connectivity index (χ0n) is 16.0. The molecule has 3 rings (SSSR count). The van der Waals surface area contributed by atoms with E-state index in [1.54, 1.807) is 0 Å². The predicted octanol–water partition coefficient (Wildman–Crippen LogP) is 3.63. The summed E-state index contributed by atoms with van der Waals surface area (Å²) < 4.78 is 5.68. The second kappa shape index (κ2) is 7.77. The number of anilines is 1. The summed E-state index contributed by atoms with van der Waals surface area (Å²) in [5.41, 5.74) is 2.50. The van der Waals surface area contributed by atoms with Gasteiger partial charge in [0.2, 0.25) is 0 Å². The third-order valence-corrected chi connectivity index (χ3v) is 6.27. The van der Waals surface area contributed by atoms with E-state index in [0.717, 1.165) is 58.4 Å². The number of piperazine rings is 1. The first kappa shape index (κ1) is 18.2. The molecule has 0 saturated carbocycles. The van der Waals surface area contributed by atoms with Crippen molar-refractivity contribution in [3.05, 3.63) is 29.8 Å². The quantitative estimate of drug-likeness (QED) is 0.738. The molecule has 0 aliphatic carbocycles. The lowest BCUT2D eigenvalue weighted by molar-refractivity contribution is -0.149. The molecular weight excluding hydrogens is 312 g/mol. The summed E-state index contributed by atoms with van der Waals surface area (Å²) in [6.45, 7) is 11.7. The molecule has 0 unspecified atom stereocenters. The smallest absolute Gasteiger partial charge is 0.312 e. The van der Waals surface area contributed by atoms with Crippen molar-refractivity contribution in [3.63, 3.8) is 0 Å². The normalized spacial score (nSPS) is 23.7. The molecule has 2 aliphatic heterocycles. The minimum atomic E-state index is -0.214. The maximum atomic E-state index is 12.2. The van der Waals surface area contributed by atoms with Crippen molar-refractivity contribution in [1.29, 1.82) is 0 Å². The first-order valence-corrected chi connectivity index (χ1v) is 9.82. The summed E-state index contributed by atoms with van der Waals surface area (Å²) in [7, 11) is 0. The van der Waals surface area contributed by atoms with E-state index < -0.39 is 0 Å². The summed E-state index contributed by atoms with van der Waals surface area (Å²) >= 11 is 0. The van der Waals surface area contributed by atoms with Gasteiger partial charge in [-0.3, -0.25) is 9.69 Å². The standard InChI is InChI=1S/C21H32N2O2/c1-4-21(5-2)16-18(25-20(21)24)10-11-22-12-14-23(15-13-22)19-9-7-6-8-17(19)3/h6-9,18H,4-5,10-16H2,1-3H3/t18-/m0/s1. The lowest BCUT2D eigenvalue weighted by Crippen LogP contribution is -2.47. The van der Waals surface area contributed by atoms with Crippen molar-refractivity contribution in [2.24, 2.45) is 5.41 Å². The third-order valence-electron chi connectivity index (χ3n) is 6.27. The number of carbonyl (C=O) groups is 1. The molecule has 0 spiro atoms. The summed E-state index contributed by atoms with van der Waals surface area (Å²) in [5.74, 6) is 0.0341. The molecule has 1 aromatic rings. The second-order valence-corrected chi connectivity index (χ2v) is 7.62. The maximum Gasteiger partial charge on any atom is 0.312 e. The molecule has 4 heteroatoms. The van der Waals surface area contributed by atoms with Crippen molar-refractivity contribution >= 4 is 11.7 Å². The zero-order valence-corrected chi connectivity index (χ0v) is 16.0. The Bertz CT molecular complexity index is 589. The van der Waals surface area contributed by atoms with E-state index in [9.17, 15) is 4.79 Å². The van der Waals surface area contributed by atoms with Crippen LogP contribution in [-0.2, 0) is 9.53 Å². The Hall–Kier alpha value is -1.55. The summed E-state index contributed by atoms with van der Waals surface area (Å²) in [6, 6.07) is 8.63. The van der Waals surface area contributed by atoms with Crippen LogP contribution in [0.3, 0.4) is 0 Å². The van der Waals surface area contributed by atoms with Crippen LogP contribution in [0.4, 0.5) is 5.69 Å². The highest BCUT2D eigenvalue weighted by atomic mass is 16.6. The van der Waals surface area contributed by atoms with E-state index in [1.807, 2.05) is 0 Å². The largest absolute Gasteiger partial charge is 0.462 e. The van der Waals surface area contributed by atoms with Gasteiger partial charge in [0.05, 0.1) is 5.41 Å². The van der Waals surface area contributed by atoms with Crippen LogP contribution in [0.25, 0.3) is 0 Å². The number of esters is 1. The molecule has 0 N–H and O–H groups in total. The highest BCUT2D eigenvalue weighted by Gasteiger charge is 2.46. The van der Waals surface area contributed by atoms with Crippen LogP contribution in [0.15, 0.2) is 24.3 Å². The molecule has 1 atom stereocenters. The second-order valence-electron chi connectivity index (χ2n) is 7.62. The molecule has 0 aromatic heterocycles. The highest BCUT2D eigenvalue weighted by molar-refractivity contribution is 5.78. The van der Waals surface area contributed by atoms with Crippen LogP contribution in [0.2, 0.25) is 0 Å². The molecule has 1 aromatic carbocycles. The molecule has 2 heterocycles. The number of rotatable bonds is 6. The molecule has 0 radical (unpaired) electrons. The number of hydrogen-bond donors (Lipinski definition) is 0. The van der Waals surface area contributed by atoms with E-state index in [0.29, 0.717) is 0 Å². The first-order valence-electron chi connectivity index (χ1n) is 9.82. The van der Waals surface area contributed by atoms with Crippen LogP contribution in [0.5, 0.6) is 0 Å². The minimum Gasteiger partial charge on any atom is -0.462 e. The maximum absolute atomic E-state index is 12.2. The Morgan fingerprint density at radius 3 is 2.40 bits per heavy atom. The van der Waals surface area contributed by atoms with Crippen molar-refractivity contribution in [2.75, 3.05) is 37.6 Å². The lowest BCUT2D eigenvalue weighted by atomic mass is 9.79. The van der Waals surface area contributed by atoms with Gasteiger partial charge < -0.3 is 9.64 Å². The Morgan fingerprint density at radius 1 is 1.12 bits per heavy atom. The van der Waals surface area contributed by atoms with E-state index in [2.05, 4.69) is 54.8 Å². The van der Waals surface area contributed by atoms with Gasteiger partial charge in [-0.1, -0.05) is 32.0 Å². The van der Waals surface area contributed by atoms with Gasteiger partial charge in [0.25, 0.3) is 0 Å². The van der Waals surface area contributed by atoms with Crippen LogP contribution in [0, 0.1) is 12.3 Å². The predicted molar refractivity (Wildman–Crippen MR) is 102 cm³/mol. The van der Waals surface area contributed by atoms with Crippen molar-refractivity contribution in [3.8, 4) is 0 Å². The van der Waals surface area contributed by atoms with E-state index >= 15 is 0 Å². The Balaban J connectivity index is 1.46. The summed E-state index contributed by atoms with van der Waals surface area (Å²) in [5, 5.41) is 0. The fourth-order valence-electron chi connectivity index (χ4n) is 4.28. The van der Waals surface area contributed by atoms with Crippen molar-refractivity contribution in [2.45, 2.75) is 52.6 Å². The fourth-order valence-corrected chi connectivity index (χ4v) is 4.28. The van der Waals surface area contributed by atoms with Gasteiger partial charge in [0.1, 0.15) is 6.10 Å². The molecule has 138 valence electrons. The van der Waals surface area contributed by atoms with Gasteiger partial charge >= 0.3 is 5.97 Å². The number of ether oxygens (including phenoxy) is 1. The van der Waals surface area contributed by atoms with E-state index in [1.165, 1.54) is 11.3 Å². The molecule has 2 aliphatic rings. The number of carbonyl (C=O) groups excluding carboxylic acids is 1. The number of nitrogens with zero attached hydrogens (tertiary/aromatic N) is 2. The van der Waals surface area contributed by atoms with Crippen LogP contribution >= 0.6 is 0 Å². The molecule has 0 amide bonds. The number of cyclic esters (lactones) is 1. The average molecular weight is 344 g/mol. The fraction of sp³-hybridized carbons (Fsp3) is 0.667.